The highest BCUT2D eigenvalue weighted by Gasteiger charge is 2.11. The van der Waals surface area contributed by atoms with Crippen molar-refractivity contribution in [3.63, 3.8) is 0 Å². The van der Waals surface area contributed by atoms with Crippen molar-refractivity contribution in [1.29, 1.82) is 0 Å². The number of pyridine rings is 1. The maximum Gasteiger partial charge on any atom is 0.181 e. The zero-order chi connectivity index (χ0) is 10.1. The predicted molar refractivity (Wildman–Crippen MR) is 55.3 cm³/mol. The van der Waals surface area contributed by atoms with Crippen molar-refractivity contribution in [2.24, 2.45) is 0 Å². The molecule has 0 aromatic carbocycles. The van der Waals surface area contributed by atoms with E-state index in [0.29, 0.717) is 17.8 Å². The van der Waals surface area contributed by atoms with Crippen LogP contribution in [0.4, 0.5) is 0 Å². The fourth-order valence-corrected chi connectivity index (χ4v) is 1.67. The monoisotopic (exact) mass is 253 g/mol. The lowest BCUT2D eigenvalue weighted by Crippen LogP contribution is -2.06. The van der Waals surface area contributed by atoms with E-state index in [4.69, 9.17) is 0 Å². The lowest BCUT2D eigenvalue weighted by atomic mass is 10.2. The van der Waals surface area contributed by atoms with Crippen molar-refractivity contribution in [1.82, 2.24) is 14.6 Å². The third-order valence-corrected chi connectivity index (χ3v) is 2.60. The van der Waals surface area contributed by atoms with Crippen LogP contribution in [-0.2, 0) is 0 Å². The molecule has 5 heteroatoms. The minimum Gasteiger partial charge on any atom is -0.292 e. The van der Waals surface area contributed by atoms with Gasteiger partial charge in [-0.15, -0.1) is 0 Å². The smallest absolute Gasteiger partial charge is 0.181 e. The highest BCUT2D eigenvalue weighted by molar-refractivity contribution is 9.10. The van der Waals surface area contributed by atoms with Gasteiger partial charge in [0.25, 0.3) is 0 Å². The van der Waals surface area contributed by atoms with Gasteiger partial charge in [-0.3, -0.25) is 4.79 Å². The lowest BCUT2D eigenvalue weighted by Gasteiger charge is -2.01. The topological polar surface area (TPSA) is 47.3 Å². The van der Waals surface area contributed by atoms with Crippen LogP contribution < -0.4 is 0 Å². The third-order valence-electron chi connectivity index (χ3n) is 1.98. The fraction of sp³-hybridized carbons (Fsp3) is 0.222. The van der Waals surface area contributed by atoms with Gasteiger partial charge in [0.1, 0.15) is 12.0 Å². The highest BCUT2D eigenvalue weighted by atomic mass is 79.9. The van der Waals surface area contributed by atoms with E-state index in [0.717, 1.165) is 4.47 Å². The molecule has 0 radical (unpaired) electrons. The molecule has 2 aromatic heterocycles. The number of carbonyl (C=O) groups is 1. The largest absolute Gasteiger partial charge is 0.292 e. The number of nitrogens with zero attached hydrogens (tertiary/aromatic N) is 3. The Bertz CT molecular complexity index is 492. The Kier molecular flexibility index (Phi) is 2.33. The summed E-state index contributed by atoms with van der Waals surface area (Å²) in [5.41, 5.74) is 1.24. The van der Waals surface area contributed by atoms with E-state index in [9.17, 15) is 4.79 Å². The summed E-state index contributed by atoms with van der Waals surface area (Å²) < 4.78 is 2.39. The Morgan fingerprint density at radius 1 is 1.57 bits per heavy atom. The average Bonchev–Trinajstić information content (AvgIpc) is 2.67. The van der Waals surface area contributed by atoms with Crippen LogP contribution in [0, 0.1) is 0 Å². The molecule has 2 rings (SSSR count). The molecule has 0 saturated heterocycles. The first-order valence-electron chi connectivity index (χ1n) is 4.25. The van der Waals surface area contributed by atoms with E-state index >= 15 is 0 Å². The quantitative estimate of drug-likeness (QED) is 0.771. The molecule has 0 N–H and O–H groups in total. The molecule has 0 atom stereocenters. The molecule has 0 fully saturated rings. The molecule has 0 aliphatic rings. The molecule has 0 aliphatic heterocycles. The summed E-state index contributed by atoms with van der Waals surface area (Å²) in [6.45, 7) is 1.83. The van der Waals surface area contributed by atoms with Crippen molar-refractivity contribution >= 4 is 27.4 Å². The molecule has 0 aliphatic carbocycles. The third kappa shape index (κ3) is 1.33. The Labute approximate surface area is 89.1 Å². The van der Waals surface area contributed by atoms with Gasteiger partial charge in [-0.25, -0.2) is 9.50 Å². The fourth-order valence-electron chi connectivity index (χ4n) is 1.27. The standard InChI is InChI=1S/C9H8BrN3O/c1-2-8(14)7-4-3-6(10)9-11-5-12-13(7)9/h3-5H,2H2,1H3. The summed E-state index contributed by atoms with van der Waals surface area (Å²) in [6.07, 6.45) is 1.91. The molecular formula is C9H8BrN3O. The van der Waals surface area contributed by atoms with Crippen LogP contribution in [0.5, 0.6) is 0 Å². The van der Waals surface area contributed by atoms with Crippen molar-refractivity contribution in [3.8, 4) is 0 Å². The second-order valence-electron chi connectivity index (χ2n) is 2.84. The number of hydrogen-bond acceptors (Lipinski definition) is 3. The molecular weight excluding hydrogens is 246 g/mol. The Morgan fingerprint density at radius 2 is 2.36 bits per heavy atom. The summed E-state index contributed by atoms with van der Waals surface area (Å²) in [5.74, 6) is 0.0630. The number of ketones is 1. The average molecular weight is 254 g/mol. The number of carbonyl (C=O) groups excluding carboxylic acids is 1. The number of rotatable bonds is 2. The van der Waals surface area contributed by atoms with Gasteiger partial charge in [0, 0.05) is 6.42 Å². The van der Waals surface area contributed by atoms with Crippen LogP contribution in [0.1, 0.15) is 23.8 Å². The van der Waals surface area contributed by atoms with E-state index in [-0.39, 0.29) is 5.78 Å². The van der Waals surface area contributed by atoms with Crippen molar-refractivity contribution < 1.29 is 4.79 Å². The number of Topliss-reactive ketones (excluding diaryl/α,β-unsaturated/α-hetero) is 1. The van der Waals surface area contributed by atoms with Gasteiger partial charge < -0.3 is 0 Å². The maximum atomic E-state index is 11.5. The second kappa shape index (κ2) is 3.49. The van der Waals surface area contributed by atoms with Gasteiger partial charge in [0.15, 0.2) is 11.4 Å². The molecule has 0 spiro atoms. The first-order valence-corrected chi connectivity index (χ1v) is 5.04. The van der Waals surface area contributed by atoms with E-state index in [2.05, 4.69) is 26.0 Å². The number of hydrogen-bond donors (Lipinski definition) is 0. The van der Waals surface area contributed by atoms with Crippen molar-refractivity contribution in [3.05, 3.63) is 28.6 Å². The number of halogens is 1. The summed E-state index contributed by atoms with van der Waals surface area (Å²) in [7, 11) is 0. The zero-order valence-corrected chi connectivity index (χ0v) is 9.15. The molecule has 0 amide bonds. The molecule has 14 heavy (non-hydrogen) atoms. The maximum absolute atomic E-state index is 11.5. The van der Waals surface area contributed by atoms with Gasteiger partial charge in [0.2, 0.25) is 0 Å². The summed E-state index contributed by atoms with van der Waals surface area (Å²) in [6, 6.07) is 3.56. The van der Waals surface area contributed by atoms with Crippen LogP contribution in [0.3, 0.4) is 0 Å². The van der Waals surface area contributed by atoms with Crippen molar-refractivity contribution in [2.45, 2.75) is 13.3 Å². The molecule has 0 unspecified atom stereocenters. The number of aromatic nitrogens is 3. The molecule has 4 nitrogen and oxygen atoms in total. The molecule has 0 bridgehead atoms. The first-order chi connectivity index (χ1) is 6.74. The van der Waals surface area contributed by atoms with Crippen LogP contribution in [0.25, 0.3) is 5.65 Å². The first kappa shape index (κ1) is 9.33. The molecule has 2 aromatic rings. The van der Waals surface area contributed by atoms with Crippen LogP contribution in [0.2, 0.25) is 0 Å². The van der Waals surface area contributed by atoms with Crippen LogP contribution in [-0.4, -0.2) is 20.4 Å². The minimum atomic E-state index is 0.0630. The zero-order valence-electron chi connectivity index (χ0n) is 7.57. The Hall–Kier alpha value is -1.23. The lowest BCUT2D eigenvalue weighted by molar-refractivity contribution is 0.0981. The molecule has 72 valence electrons. The van der Waals surface area contributed by atoms with Crippen LogP contribution in [0.15, 0.2) is 22.9 Å². The van der Waals surface area contributed by atoms with E-state index in [1.54, 1.807) is 10.6 Å². The van der Waals surface area contributed by atoms with Gasteiger partial charge in [-0.1, -0.05) is 6.92 Å². The van der Waals surface area contributed by atoms with Gasteiger partial charge in [-0.2, -0.15) is 5.10 Å². The minimum absolute atomic E-state index is 0.0630. The summed E-state index contributed by atoms with van der Waals surface area (Å²) >= 11 is 3.35. The molecule has 0 saturated carbocycles. The molecule has 2 heterocycles. The van der Waals surface area contributed by atoms with E-state index in [1.165, 1.54) is 6.33 Å². The van der Waals surface area contributed by atoms with Gasteiger partial charge >= 0.3 is 0 Å². The van der Waals surface area contributed by atoms with E-state index in [1.807, 2.05) is 13.0 Å². The second-order valence-corrected chi connectivity index (χ2v) is 3.69. The Morgan fingerprint density at radius 3 is 3.07 bits per heavy atom. The predicted octanol–water partition coefficient (Wildman–Crippen LogP) is 2.08. The summed E-state index contributed by atoms with van der Waals surface area (Å²) in [5, 5.41) is 4.00. The Balaban J connectivity index is 2.72. The van der Waals surface area contributed by atoms with Crippen LogP contribution >= 0.6 is 15.9 Å². The van der Waals surface area contributed by atoms with Gasteiger partial charge in [-0.05, 0) is 28.1 Å². The highest BCUT2D eigenvalue weighted by Crippen LogP contribution is 2.17. The number of fused-ring (bicyclic) bond motifs is 1. The SMILES string of the molecule is CCC(=O)c1ccc(Br)c2ncnn12. The van der Waals surface area contributed by atoms with E-state index < -0.39 is 0 Å². The normalized spacial score (nSPS) is 10.7. The van der Waals surface area contributed by atoms with Crippen molar-refractivity contribution in [2.75, 3.05) is 0 Å². The van der Waals surface area contributed by atoms with Gasteiger partial charge in [0.05, 0.1) is 4.47 Å². The summed E-state index contributed by atoms with van der Waals surface area (Å²) in [4.78, 5) is 15.6.